The van der Waals surface area contributed by atoms with E-state index in [-0.39, 0.29) is 17.9 Å². The predicted octanol–water partition coefficient (Wildman–Crippen LogP) is 2.54. The molecule has 2 fully saturated rings. The van der Waals surface area contributed by atoms with E-state index >= 15 is 0 Å². The van der Waals surface area contributed by atoms with Crippen LogP contribution in [0.25, 0.3) is 0 Å². The summed E-state index contributed by atoms with van der Waals surface area (Å²) in [7, 11) is -3.55. The predicted molar refractivity (Wildman–Crippen MR) is 133 cm³/mol. The smallest absolute Gasteiger partial charge is 0.241 e. The number of carbonyl (C=O) groups is 1. The fraction of sp³-hybridized carbons (Fsp3) is 0.583. The topological polar surface area (TPSA) is 87.5 Å². The second kappa shape index (κ2) is 10.8. The summed E-state index contributed by atoms with van der Waals surface area (Å²) < 4.78 is 28.8. The Morgan fingerprint density at radius 3 is 2.38 bits per heavy atom. The molecule has 2 saturated heterocycles. The standard InChI is InChI=1S/C24H34ClN5O3S/c1-34(32,33)27-22(17-20-5-7-21(25)8-6-20)23(31)29-14-9-24(10-15-29,18-28-16-11-26-19-28)30-12-3-2-4-13-30/h5-8,11,16,19,22,27H,2-4,9-10,12-15,17-18H2,1H3/t22-/m1/s1. The van der Waals surface area contributed by atoms with Crippen LogP contribution in [0.1, 0.15) is 37.7 Å². The molecular weight excluding hydrogens is 474 g/mol. The molecule has 1 N–H and O–H groups in total. The van der Waals surface area contributed by atoms with E-state index in [4.69, 9.17) is 11.6 Å². The molecule has 4 rings (SSSR count). The molecule has 2 aromatic rings. The quantitative estimate of drug-likeness (QED) is 0.593. The highest BCUT2D eigenvalue weighted by Gasteiger charge is 2.42. The van der Waals surface area contributed by atoms with Gasteiger partial charge in [0, 0.05) is 42.6 Å². The van der Waals surface area contributed by atoms with E-state index in [0.29, 0.717) is 18.1 Å². The second-order valence-electron chi connectivity index (χ2n) is 9.61. The van der Waals surface area contributed by atoms with Gasteiger partial charge < -0.3 is 9.47 Å². The van der Waals surface area contributed by atoms with Crippen molar-refractivity contribution in [1.29, 1.82) is 0 Å². The third-order valence-electron chi connectivity index (χ3n) is 7.08. The van der Waals surface area contributed by atoms with Crippen LogP contribution in [-0.2, 0) is 27.8 Å². The highest BCUT2D eigenvalue weighted by atomic mass is 35.5. The van der Waals surface area contributed by atoms with Crippen molar-refractivity contribution in [1.82, 2.24) is 24.1 Å². The molecule has 2 aliphatic heterocycles. The van der Waals surface area contributed by atoms with Crippen LogP contribution in [0.5, 0.6) is 0 Å². The molecule has 0 unspecified atom stereocenters. The molecule has 1 aromatic heterocycles. The monoisotopic (exact) mass is 507 g/mol. The molecule has 0 saturated carbocycles. The van der Waals surface area contributed by atoms with Crippen LogP contribution in [0, 0.1) is 0 Å². The van der Waals surface area contributed by atoms with Gasteiger partial charge in [0.2, 0.25) is 15.9 Å². The van der Waals surface area contributed by atoms with Crippen molar-refractivity contribution >= 4 is 27.5 Å². The maximum absolute atomic E-state index is 13.5. The molecule has 0 spiro atoms. The summed E-state index contributed by atoms with van der Waals surface area (Å²) in [5, 5.41) is 0.602. The molecule has 1 aromatic carbocycles. The summed E-state index contributed by atoms with van der Waals surface area (Å²) in [6.07, 6.45) is 12.4. The van der Waals surface area contributed by atoms with Crippen LogP contribution in [0.4, 0.5) is 0 Å². The van der Waals surface area contributed by atoms with Gasteiger partial charge in [0.1, 0.15) is 6.04 Å². The maximum Gasteiger partial charge on any atom is 0.241 e. The molecule has 0 bridgehead atoms. The number of rotatable bonds is 8. The Morgan fingerprint density at radius 1 is 1.12 bits per heavy atom. The van der Waals surface area contributed by atoms with Gasteiger partial charge in [-0.3, -0.25) is 9.69 Å². The third kappa shape index (κ3) is 6.38. The second-order valence-corrected chi connectivity index (χ2v) is 11.8. The van der Waals surface area contributed by atoms with Crippen LogP contribution >= 0.6 is 11.6 Å². The SMILES string of the molecule is CS(=O)(=O)N[C@H](Cc1ccc(Cl)cc1)C(=O)N1CCC(Cn2ccnc2)(N2CCCCC2)CC1. The minimum atomic E-state index is -3.55. The molecule has 0 aliphatic carbocycles. The average molecular weight is 508 g/mol. The Morgan fingerprint density at radius 2 is 1.79 bits per heavy atom. The van der Waals surface area contributed by atoms with Crippen molar-refractivity contribution in [2.24, 2.45) is 0 Å². The zero-order valence-electron chi connectivity index (χ0n) is 19.7. The highest BCUT2D eigenvalue weighted by molar-refractivity contribution is 7.88. The molecule has 1 amide bonds. The Balaban J connectivity index is 1.48. The van der Waals surface area contributed by atoms with E-state index in [2.05, 4.69) is 19.2 Å². The van der Waals surface area contributed by atoms with E-state index in [1.165, 1.54) is 19.3 Å². The van der Waals surface area contributed by atoms with Crippen molar-refractivity contribution < 1.29 is 13.2 Å². The number of likely N-dealkylation sites (tertiary alicyclic amines) is 2. The normalized spacial score (nSPS) is 20.2. The molecular formula is C24H34ClN5O3S. The summed E-state index contributed by atoms with van der Waals surface area (Å²) in [5.74, 6) is -0.171. The molecule has 2 aliphatic rings. The van der Waals surface area contributed by atoms with Crippen LogP contribution in [-0.4, -0.2) is 77.7 Å². The zero-order valence-corrected chi connectivity index (χ0v) is 21.3. The van der Waals surface area contributed by atoms with Gasteiger partial charge in [-0.1, -0.05) is 30.2 Å². The van der Waals surface area contributed by atoms with Gasteiger partial charge in [0.15, 0.2) is 0 Å². The number of hydrogen-bond donors (Lipinski definition) is 1. The average Bonchev–Trinajstić information content (AvgIpc) is 3.33. The van der Waals surface area contributed by atoms with Crippen LogP contribution < -0.4 is 4.72 Å². The number of imidazole rings is 1. The number of halogens is 1. The third-order valence-corrected chi connectivity index (χ3v) is 8.04. The molecule has 3 heterocycles. The Labute approximate surface area is 207 Å². The van der Waals surface area contributed by atoms with Gasteiger partial charge in [0.25, 0.3) is 0 Å². The van der Waals surface area contributed by atoms with Crippen molar-refractivity contribution in [2.75, 3.05) is 32.4 Å². The van der Waals surface area contributed by atoms with E-state index < -0.39 is 16.1 Å². The first kappa shape index (κ1) is 25.2. The zero-order chi connectivity index (χ0) is 24.2. The summed E-state index contributed by atoms with van der Waals surface area (Å²) in [4.78, 5) is 22.1. The number of amides is 1. The number of carbonyl (C=O) groups excluding carboxylic acids is 1. The lowest BCUT2D eigenvalue weighted by Crippen LogP contribution is -2.61. The summed E-state index contributed by atoms with van der Waals surface area (Å²) in [5.41, 5.74) is 0.840. The molecule has 1 atom stereocenters. The van der Waals surface area contributed by atoms with Crippen molar-refractivity contribution in [2.45, 2.75) is 56.7 Å². The van der Waals surface area contributed by atoms with Gasteiger partial charge in [-0.05, 0) is 62.9 Å². The first-order valence-corrected chi connectivity index (χ1v) is 14.2. The number of nitrogens with one attached hydrogen (secondary N) is 1. The lowest BCUT2D eigenvalue weighted by molar-refractivity contribution is -0.136. The number of hydrogen-bond acceptors (Lipinski definition) is 5. The van der Waals surface area contributed by atoms with Gasteiger partial charge in [-0.2, -0.15) is 0 Å². The van der Waals surface area contributed by atoms with Gasteiger partial charge in [-0.25, -0.2) is 18.1 Å². The Hall–Kier alpha value is -1.94. The first-order valence-electron chi connectivity index (χ1n) is 12.0. The molecule has 34 heavy (non-hydrogen) atoms. The Bertz CT molecular complexity index is 1040. The maximum atomic E-state index is 13.5. The van der Waals surface area contributed by atoms with Crippen molar-refractivity contribution in [3.63, 3.8) is 0 Å². The van der Waals surface area contributed by atoms with E-state index in [9.17, 15) is 13.2 Å². The summed E-state index contributed by atoms with van der Waals surface area (Å²) in [6.45, 7) is 4.22. The number of sulfonamides is 1. The molecule has 8 nitrogen and oxygen atoms in total. The highest BCUT2D eigenvalue weighted by Crippen LogP contribution is 2.33. The van der Waals surface area contributed by atoms with E-state index in [1.807, 2.05) is 29.6 Å². The summed E-state index contributed by atoms with van der Waals surface area (Å²) >= 11 is 5.98. The minimum absolute atomic E-state index is 0.0200. The van der Waals surface area contributed by atoms with Crippen LogP contribution in [0.2, 0.25) is 5.02 Å². The van der Waals surface area contributed by atoms with Crippen LogP contribution in [0.3, 0.4) is 0 Å². The number of piperidine rings is 2. The molecule has 0 radical (unpaired) electrons. The number of nitrogens with zero attached hydrogens (tertiary/aromatic N) is 4. The van der Waals surface area contributed by atoms with Crippen LogP contribution in [0.15, 0.2) is 43.0 Å². The van der Waals surface area contributed by atoms with Crippen molar-refractivity contribution in [3.05, 3.63) is 53.6 Å². The fourth-order valence-electron chi connectivity index (χ4n) is 5.32. The number of aromatic nitrogens is 2. The van der Waals surface area contributed by atoms with Gasteiger partial charge in [-0.15, -0.1) is 0 Å². The Kier molecular flexibility index (Phi) is 7.97. The lowest BCUT2D eigenvalue weighted by atomic mass is 9.83. The van der Waals surface area contributed by atoms with E-state index in [0.717, 1.165) is 44.3 Å². The molecule has 186 valence electrons. The van der Waals surface area contributed by atoms with E-state index in [1.54, 1.807) is 18.3 Å². The largest absolute Gasteiger partial charge is 0.341 e. The number of benzene rings is 1. The fourth-order valence-corrected chi connectivity index (χ4v) is 6.15. The van der Waals surface area contributed by atoms with Gasteiger partial charge in [0.05, 0.1) is 12.6 Å². The lowest BCUT2D eigenvalue weighted by Gasteiger charge is -2.50. The van der Waals surface area contributed by atoms with Crippen molar-refractivity contribution in [3.8, 4) is 0 Å². The van der Waals surface area contributed by atoms with Gasteiger partial charge >= 0.3 is 0 Å². The minimum Gasteiger partial charge on any atom is -0.341 e. The first-order chi connectivity index (χ1) is 16.2. The molecule has 10 heteroatoms. The summed E-state index contributed by atoms with van der Waals surface area (Å²) in [6, 6.07) is 6.32.